The van der Waals surface area contributed by atoms with Crippen LogP contribution in [0.3, 0.4) is 0 Å². The second-order valence-corrected chi connectivity index (χ2v) is 6.15. The summed E-state index contributed by atoms with van der Waals surface area (Å²) in [5.74, 6) is 0.361. The number of rotatable bonds is 3. The maximum Gasteiger partial charge on any atom is 0.253 e. The third-order valence-corrected chi connectivity index (χ3v) is 4.24. The molecule has 6 nitrogen and oxygen atoms in total. The lowest BCUT2D eigenvalue weighted by Crippen LogP contribution is -2.48. The minimum absolute atomic E-state index is 0.131. The lowest BCUT2D eigenvalue weighted by Gasteiger charge is -2.34. The standard InChI is InChI=1S/C17H21NO5/c1-10-5-12-6-11(3-4-15(12)23-10)17(21)18(2)7-13-8-22-9-14(19)16(13)20/h3-6,13-14,16,19-20H,7-9H2,1-2H3/t13-,14-,16+/m1/s1. The smallest absolute Gasteiger partial charge is 0.253 e. The van der Waals surface area contributed by atoms with Gasteiger partial charge in [0.15, 0.2) is 0 Å². The molecule has 3 atom stereocenters. The van der Waals surface area contributed by atoms with Gasteiger partial charge in [0.25, 0.3) is 5.91 Å². The number of benzene rings is 1. The molecule has 1 aliphatic heterocycles. The number of nitrogens with zero attached hydrogens (tertiary/aromatic N) is 1. The molecular formula is C17H21NO5. The van der Waals surface area contributed by atoms with E-state index in [1.54, 1.807) is 30.1 Å². The van der Waals surface area contributed by atoms with E-state index in [1.807, 2.05) is 13.0 Å². The highest BCUT2D eigenvalue weighted by Crippen LogP contribution is 2.22. The molecule has 1 aromatic heterocycles. The van der Waals surface area contributed by atoms with Gasteiger partial charge in [0.1, 0.15) is 17.4 Å². The first-order chi connectivity index (χ1) is 11.0. The number of amides is 1. The molecule has 3 rings (SSSR count). The number of furan rings is 1. The van der Waals surface area contributed by atoms with Crippen molar-refractivity contribution in [2.45, 2.75) is 19.1 Å². The Balaban J connectivity index is 1.72. The normalized spacial score (nSPS) is 24.8. The van der Waals surface area contributed by atoms with Gasteiger partial charge in [0, 0.05) is 30.5 Å². The van der Waals surface area contributed by atoms with Crippen LogP contribution in [-0.4, -0.2) is 60.0 Å². The van der Waals surface area contributed by atoms with Gasteiger partial charge in [-0.15, -0.1) is 0 Å². The van der Waals surface area contributed by atoms with E-state index in [4.69, 9.17) is 9.15 Å². The number of carbonyl (C=O) groups is 1. The predicted molar refractivity (Wildman–Crippen MR) is 84.2 cm³/mol. The summed E-state index contributed by atoms with van der Waals surface area (Å²) in [5.41, 5.74) is 1.31. The maximum atomic E-state index is 12.6. The molecule has 1 aromatic carbocycles. The van der Waals surface area contributed by atoms with Crippen LogP contribution in [0.5, 0.6) is 0 Å². The lowest BCUT2D eigenvalue weighted by molar-refractivity contribution is -0.123. The number of hydrogen-bond donors (Lipinski definition) is 2. The first-order valence-corrected chi connectivity index (χ1v) is 7.65. The molecule has 1 saturated heterocycles. The van der Waals surface area contributed by atoms with Crippen LogP contribution in [0, 0.1) is 12.8 Å². The van der Waals surface area contributed by atoms with E-state index >= 15 is 0 Å². The zero-order valence-corrected chi connectivity index (χ0v) is 13.2. The summed E-state index contributed by atoms with van der Waals surface area (Å²) >= 11 is 0. The van der Waals surface area contributed by atoms with Gasteiger partial charge in [-0.1, -0.05) is 0 Å². The molecule has 0 unspecified atom stereocenters. The molecule has 2 N–H and O–H groups in total. The van der Waals surface area contributed by atoms with E-state index in [0.717, 1.165) is 16.7 Å². The molecule has 0 bridgehead atoms. The number of fused-ring (bicyclic) bond motifs is 1. The summed E-state index contributed by atoms with van der Waals surface area (Å²) in [6.07, 6.45) is -1.78. The van der Waals surface area contributed by atoms with E-state index in [9.17, 15) is 15.0 Å². The Labute approximate surface area is 134 Å². The minimum atomic E-state index is -0.900. The van der Waals surface area contributed by atoms with Crippen LogP contribution < -0.4 is 0 Å². The van der Waals surface area contributed by atoms with Gasteiger partial charge < -0.3 is 24.3 Å². The van der Waals surface area contributed by atoms with Crippen molar-refractivity contribution in [3.05, 3.63) is 35.6 Å². The molecule has 0 radical (unpaired) electrons. The van der Waals surface area contributed by atoms with Crippen LogP contribution in [0.1, 0.15) is 16.1 Å². The Morgan fingerprint density at radius 2 is 2.09 bits per heavy atom. The van der Waals surface area contributed by atoms with Crippen LogP contribution in [-0.2, 0) is 4.74 Å². The summed E-state index contributed by atoms with van der Waals surface area (Å²) in [6, 6.07) is 7.20. The Kier molecular flexibility index (Phi) is 4.39. The van der Waals surface area contributed by atoms with Gasteiger partial charge in [-0.2, -0.15) is 0 Å². The monoisotopic (exact) mass is 319 g/mol. The number of ether oxygens (including phenoxy) is 1. The second-order valence-electron chi connectivity index (χ2n) is 6.15. The van der Waals surface area contributed by atoms with E-state index in [1.165, 1.54) is 0 Å². The quantitative estimate of drug-likeness (QED) is 0.888. The third-order valence-electron chi connectivity index (χ3n) is 4.24. The van der Waals surface area contributed by atoms with Crippen LogP contribution in [0.15, 0.2) is 28.7 Å². The highest BCUT2D eigenvalue weighted by molar-refractivity contribution is 5.97. The zero-order valence-electron chi connectivity index (χ0n) is 13.2. The summed E-state index contributed by atoms with van der Waals surface area (Å²) < 4.78 is 10.8. The van der Waals surface area contributed by atoms with E-state index in [-0.39, 0.29) is 18.4 Å². The van der Waals surface area contributed by atoms with Crippen molar-refractivity contribution in [2.24, 2.45) is 5.92 Å². The molecule has 0 aliphatic carbocycles. The van der Waals surface area contributed by atoms with Crippen molar-refractivity contribution in [3.63, 3.8) is 0 Å². The molecule has 124 valence electrons. The van der Waals surface area contributed by atoms with Crippen molar-refractivity contribution in [2.75, 3.05) is 26.8 Å². The van der Waals surface area contributed by atoms with Crippen LogP contribution in [0.2, 0.25) is 0 Å². The van der Waals surface area contributed by atoms with Crippen LogP contribution in [0.25, 0.3) is 11.0 Å². The topological polar surface area (TPSA) is 83.1 Å². The van der Waals surface area contributed by atoms with Crippen molar-refractivity contribution in [3.8, 4) is 0 Å². The number of aliphatic hydroxyl groups is 2. The fourth-order valence-corrected chi connectivity index (χ4v) is 2.98. The largest absolute Gasteiger partial charge is 0.461 e. The SMILES string of the molecule is Cc1cc2cc(C(=O)N(C)C[C@@H]3COC[C@@H](O)[C@H]3O)ccc2o1. The predicted octanol–water partition coefficient (Wildman–Crippen LogP) is 1.18. The highest BCUT2D eigenvalue weighted by atomic mass is 16.5. The Morgan fingerprint density at radius 1 is 1.30 bits per heavy atom. The molecule has 0 spiro atoms. The van der Waals surface area contributed by atoms with Gasteiger partial charge in [-0.25, -0.2) is 0 Å². The molecule has 1 aliphatic rings. The Morgan fingerprint density at radius 3 is 2.87 bits per heavy atom. The number of hydrogen-bond acceptors (Lipinski definition) is 5. The molecule has 1 amide bonds. The molecule has 1 fully saturated rings. The van der Waals surface area contributed by atoms with Gasteiger partial charge >= 0.3 is 0 Å². The Bertz CT molecular complexity index is 710. The Hall–Kier alpha value is -1.89. The zero-order chi connectivity index (χ0) is 16.6. The van der Waals surface area contributed by atoms with Crippen molar-refractivity contribution in [1.82, 2.24) is 4.90 Å². The van der Waals surface area contributed by atoms with Gasteiger partial charge in [-0.05, 0) is 31.2 Å². The fraction of sp³-hybridized carbons (Fsp3) is 0.471. The third kappa shape index (κ3) is 3.24. The second kappa shape index (κ2) is 6.31. The van der Waals surface area contributed by atoms with E-state index in [2.05, 4.69) is 0 Å². The number of aryl methyl sites for hydroxylation is 1. The van der Waals surface area contributed by atoms with Gasteiger partial charge in [0.2, 0.25) is 0 Å². The fourth-order valence-electron chi connectivity index (χ4n) is 2.98. The van der Waals surface area contributed by atoms with Gasteiger partial charge in [0.05, 0.1) is 19.3 Å². The molecule has 0 saturated carbocycles. The molecule has 6 heteroatoms. The van der Waals surface area contributed by atoms with Crippen LogP contribution >= 0.6 is 0 Å². The lowest BCUT2D eigenvalue weighted by atomic mass is 9.96. The van der Waals surface area contributed by atoms with Crippen molar-refractivity contribution in [1.29, 1.82) is 0 Å². The first-order valence-electron chi connectivity index (χ1n) is 7.65. The highest BCUT2D eigenvalue weighted by Gasteiger charge is 2.32. The van der Waals surface area contributed by atoms with Crippen molar-refractivity contribution < 1.29 is 24.2 Å². The minimum Gasteiger partial charge on any atom is -0.461 e. The van der Waals surface area contributed by atoms with E-state index in [0.29, 0.717) is 18.7 Å². The molecular weight excluding hydrogens is 298 g/mol. The van der Waals surface area contributed by atoms with E-state index < -0.39 is 12.2 Å². The summed E-state index contributed by atoms with van der Waals surface area (Å²) in [6.45, 7) is 2.64. The summed E-state index contributed by atoms with van der Waals surface area (Å²) in [7, 11) is 1.68. The molecule has 2 heterocycles. The molecule has 23 heavy (non-hydrogen) atoms. The van der Waals surface area contributed by atoms with Crippen LogP contribution in [0.4, 0.5) is 0 Å². The average Bonchev–Trinajstić information content (AvgIpc) is 2.90. The summed E-state index contributed by atoms with van der Waals surface area (Å²) in [4.78, 5) is 14.1. The number of aliphatic hydroxyl groups excluding tert-OH is 2. The van der Waals surface area contributed by atoms with Crippen molar-refractivity contribution >= 4 is 16.9 Å². The molecule has 2 aromatic rings. The first kappa shape index (κ1) is 16.0. The van der Waals surface area contributed by atoms with Gasteiger partial charge in [-0.3, -0.25) is 4.79 Å². The average molecular weight is 319 g/mol. The summed E-state index contributed by atoms with van der Waals surface area (Å²) in [5, 5.41) is 20.5. The maximum absolute atomic E-state index is 12.6. The number of carbonyl (C=O) groups excluding carboxylic acids is 1.